The molecular formula is C19H16ClN5O3. The van der Waals surface area contributed by atoms with Crippen LogP contribution in [0.1, 0.15) is 18.9 Å². The van der Waals surface area contributed by atoms with Gasteiger partial charge in [-0.25, -0.2) is 9.69 Å². The van der Waals surface area contributed by atoms with E-state index in [0.717, 1.165) is 9.58 Å². The fourth-order valence-corrected chi connectivity index (χ4v) is 3.50. The molecule has 0 saturated carbocycles. The first kappa shape index (κ1) is 18.1. The van der Waals surface area contributed by atoms with Crippen LogP contribution in [0.25, 0.3) is 10.9 Å². The number of nitrogens with zero attached hydrogens (tertiary/aromatic N) is 4. The second-order valence-corrected chi connectivity index (χ2v) is 6.92. The van der Waals surface area contributed by atoms with Gasteiger partial charge in [0.2, 0.25) is 0 Å². The number of imide groups is 1. The van der Waals surface area contributed by atoms with Crippen molar-refractivity contribution >= 4 is 34.4 Å². The van der Waals surface area contributed by atoms with Crippen LogP contribution in [0.2, 0.25) is 5.02 Å². The van der Waals surface area contributed by atoms with Gasteiger partial charge < -0.3 is 5.32 Å². The Morgan fingerprint density at radius 2 is 1.79 bits per heavy atom. The quantitative estimate of drug-likeness (QED) is 0.681. The molecule has 28 heavy (non-hydrogen) atoms. The zero-order chi connectivity index (χ0) is 19.9. The molecule has 4 rings (SSSR count). The van der Waals surface area contributed by atoms with Gasteiger partial charge in [-0.3, -0.25) is 9.59 Å². The van der Waals surface area contributed by atoms with Crippen LogP contribution < -0.4 is 10.9 Å². The highest BCUT2D eigenvalue weighted by molar-refractivity contribution is 6.30. The number of halogens is 1. The van der Waals surface area contributed by atoms with E-state index in [-0.39, 0.29) is 6.67 Å². The highest BCUT2D eigenvalue weighted by atomic mass is 35.5. The van der Waals surface area contributed by atoms with Crippen molar-refractivity contribution in [1.29, 1.82) is 0 Å². The number of carbonyl (C=O) groups is 2. The van der Waals surface area contributed by atoms with Crippen LogP contribution in [0.4, 0.5) is 4.79 Å². The second kappa shape index (κ2) is 6.72. The smallest absolute Gasteiger partial charge is 0.319 e. The standard InChI is InChI=1S/C19H16ClN5O3/c1-2-19(12-7-9-13(20)10-8-12)17(27)24(18(28)21-19)11-25-16(26)14-5-3-4-6-15(14)22-23-25/h3-10H,2,11H2,1H3,(H,21,28). The normalized spacial score (nSPS) is 19.3. The first-order valence-corrected chi connectivity index (χ1v) is 9.07. The number of hydrogen-bond donors (Lipinski definition) is 1. The highest BCUT2D eigenvalue weighted by Gasteiger charge is 2.51. The third-order valence-corrected chi connectivity index (χ3v) is 5.20. The van der Waals surface area contributed by atoms with Crippen LogP contribution in [0.3, 0.4) is 0 Å². The van der Waals surface area contributed by atoms with E-state index >= 15 is 0 Å². The molecule has 1 unspecified atom stereocenters. The summed E-state index contributed by atoms with van der Waals surface area (Å²) >= 11 is 5.94. The maximum atomic E-state index is 13.2. The number of nitrogens with one attached hydrogen (secondary N) is 1. The molecule has 1 saturated heterocycles. The molecule has 0 bridgehead atoms. The van der Waals surface area contributed by atoms with Crippen LogP contribution in [0.15, 0.2) is 53.3 Å². The van der Waals surface area contributed by atoms with Crippen LogP contribution in [0.5, 0.6) is 0 Å². The van der Waals surface area contributed by atoms with E-state index in [2.05, 4.69) is 15.6 Å². The van der Waals surface area contributed by atoms with E-state index < -0.39 is 23.0 Å². The Hall–Kier alpha value is -3.26. The SMILES string of the molecule is CCC1(c2ccc(Cl)cc2)NC(=O)N(Cn2nnc3ccccc3c2=O)C1=O. The van der Waals surface area contributed by atoms with Gasteiger partial charge in [-0.15, -0.1) is 5.10 Å². The summed E-state index contributed by atoms with van der Waals surface area (Å²) in [6, 6.07) is 12.9. The van der Waals surface area contributed by atoms with Gasteiger partial charge in [0.05, 0.1) is 5.39 Å². The lowest BCUT2D eigenvalue weighted by Gasteiger charge is -2.25. The van der Waals surface area contributed by atoms with Crippen LogP contribution in [-0.2, 0) is 17.0 Å². The van der Waals surface area contributed by atoms with Crippen molar-refractivity contribution in [3.8, 4) is 0 Å². The third-order valence-electron chi connectivity index (χ3n) is 4.95. The Bertz CT molecular complexity index is 1140. The number of carbonyl (C=O) groups excluding carboxylic acids is 2. The molecule has 2 aromatic carbocycles. The maximum Gasteiger partial charge on any atom is 0.326 e. The van der Waals surface area contributed by atoms with Crippen molar-refractivity contribution in [3.63, 3.8) is 0 Å². The number of amides is 3. The molecule has 2 heterocycles. The molecule has 9 heteroatoms. The summed E-state index contributed by atoms with van der Waals surface area (Å²) in [6.07, 6.45) is 0.341. The summed E-state index contributed by atoms with van der Waals surface area (Å²) in [5.74, 6) is -0.454. The molecule has 1 aliphatic heterocycles. The number of fused-ring (bicyclic) bond motifs is 1. The number of aromatic nitrogens is 3. The number of rotatable bonds is 4. The number of benzene rings is 2. The average molecular weight is 398 g/mol. The molecule has 1 atom stereocenters. The molecule has 0 spiro atoms. The summed E-state index contributed by atoms with van der Waals surface area (Å²) in [7, 11) is 0. The summed E-state index contributed by atoms with van der Waals surface area (Å²) in [5.41, 5.74) is -0.566. The predicted octanol–water partition coefficient (Wildman–Crippen LogP) is 2.26. The maximum absolute atomic E-state index is 13.2. The van der Waals surface area contributed by atoms with Crippen molar-refractivity contribution in [2.75, 3.05) is 0 Å². The molecule has 1 aromatic heterocycles. The third kappa shape index (κ3) is 2.73. The van der Waals surface area contributed by atoms with E-state index in [1.54, 1.807) is 55.5 Å². The van der Waals surface area contributed by atoms with Crippen LogP contribution in [-0.4, -0.2) is 31.8 Å². The second-order valence-electron chi connectivity index (χ2n) is 6.48. The molecule has 142 valence electrons. The van der Waals surface area contributed by atoms with E-state index in [9.17, 15) is 14.4 Å². The van der Waals surface area contributed by atoms with E-state index in [1.165, 1.54) is 0 Å². The molecular weight excluding hydrogens is 382 g/mol. The Balaban J connectivity index is 1.71. The van der Waals surface area contributed by atoms with Crippen molar-refractivity contribution < 1.29 is 9.59 Å². The highest BCUT2D eigenvalue weighted by Crippen LogP contribution is 2.33. The molecule has 8 nitrogen and oxygen atoms in total. The van der Waals surface area contributed by atoms with Gasteiger partial charge >= 0.3 is 6.03 Å². The summed E-state index contributed by atoms with van der Waals surface area (Å²) in [4.78, 5) is 39.4. The van der Waals surface area contributed by atoms with Crippen molar-refractivity contribution in [2.45, 2.75) is 25.6 Å². The topological polar surface area (TPSA) is 97.2 Å². The van der Waals surface area contributed by atoms with Gasteiger partial charge in [-0.05, 0) is 36.2 Å². The van der Waals surface area contributed by atoms with Crippen LogP contribution in [0, 0.1) is 0 Å². The molecule has 1 N–H and O–H groups in total. The van der Waals surface area contributed by atoms with E-state index in [0.29, 0.717) is 27.9 Å². The lowest BCUT2D eigenvalue weighted by Crippen LogP contribution is -2.44. The van der Waals surface area contributed by atoms with Gasteiger partial charge in [-0.1, -0.05) is 48.0 Å². The fourth-order valence-electron chi connectivity index (χ4n) is 3.38. The molecule has 0 aliphatic carbocycles. The minimum Gasteiger partial charge on any atom is -0.319 e. The number of urea groups is 1. The minimum absolute atomic E-state index is 0.323. The lowest BCUT2D eigenvalue weighted by molar-refractivity contribution is -0.133. The molecule has 1 aliphatic rings. The Kier molecular flexibility index (Phi) is 4.35. The summed E-state index contributed by atoms with van der Waals surface area (Å²) in [5, 5.41) is 11.5. The molecule has 1 fully saturated rings. The lowest BCUT2D eigenvalue weighted by atomic mass is 9.87. The first-order valence-electron chi connectivity index (χ1n) is 8.69. The Labute approximate surface area is 164 Å². The first-order chi connectivity index (χ1) is 13.5. The van der Waals surface area contributed by atoms with Gasteiger partial charge in [0, 0.05) is 5.02 Å². The largest absolute Gasteiger partial charge is 0.326 e. The summed E-state index contributed by atoms with van der Waals surface area (Å²) in [6.45, 7) is 1.48. The van der Waals surface area contributed by atoms with Crippen molar-refractivity contribution in [2.24, 2.45) is 0 Å². The average Bonchev–Trinajstić information content (AvgIpc) is 2.95. The molecule has 3 amide bonds. The van der Waals surface area contributed by atoms with E-state index in [4.69, 9.17) is 11.6 Å². The Morgan fingerprint density at radius 1 is 1.07 bits per heavy atom. The Morgan fingerprint density at radius 3 is 2.50 bits per heavy atom. The van der Waals surface area contributed by atoms with Gasteiger partial charge in [0.15, 0.2) is 0 Å². The zero-order valence-electron chi connectivity index (χ0n) is 14.9. The van der Waals surface area contributed by atoms with Gasteiger partial charge in [-0.2, -0.15) is 4.68 Å². The van der Waals surface area contributed by atoms with Crippen LogP contribution >= 0.6 is 11.6 Å². The monoisotopic (exact) mass is 397 g/mol. The van der Waals surface area contributed by atoms with Crippen molar-refractivity contribution in [1.82, 2.24) is 25.2 Å². The number of hydrogen-bond acceptors (Lipinski definition) is 5. The zero-order valence-corrected chi connectivity index (χ0v) is 15.7. The van der Waals surface area contributed by atoms with Gasteiger partial charge in [0.25, 0.3) is 11.5 Å². The van der Waals surface area contributed by atoms with Crippen molar-refractivity contribution in [3.05, 3.63) is 69.5 Å². The minimum atomic E-state index is -1.21. The van der Waals surface area contributed by atoms with E-state index in [1.807, 2.05) is 0 Å². The summed E-state index contributed by atoms with van der Waals surface area (Å²) < 4.78 is 1.01. The fraction of sp³-hybridized carbons (Fsp3) is 0.211. The molecule has 0 radical (unpaired) electrons. The predicted molar refractivity (Wildman–Crippen MR) is 103 cm³/mol. The van der Waals surface area contributed by atoms with Gasteiger partial charge in [0.1, 0.15) is 17.7 Å². The molecule has 3 aromatic rings.